The fourth-order valence-corrected chi connectivity index (χ4v) is 3.53. The highest BCUT2D eigenvalue weighted by Gasteiger charge is 2.22. The smallest absolute Gasteiger partial charge is 0.191 e. The highest BCUT2D eigenvalue weighted by atomic mass is 16.5. The van der Waals surface area contributed by atoms with Crippen molar-refractivity contribution in [1.82, 2.24) is 20.4 Å². The topological polar surface area (TPSA) is 52.1 Å². The van der Waals surface area contributed by atoms with E-state index in [1.807, 2.05) is 7.05 Å². The molecule has 2 N–H and O–H groups in total. The number of methoxy groups -OCH3 is 1. The molecule has 1 fully saturated rings. The van der Waals surface area contributed by atoms with Gasteiger partial charge in [0.15, 0.2) is 5.96 Å². The second-order valence-corrected chi connectivity index (χ2v) is 7.42. The lowest BCUT2D eigenvalue weighted by molar-refractivity contribution is 0.164. The zero-order chi connectivity index (χ0) is 19.5. The highest BCUT2D eigenvalue weighted by Crippen LogP contribution is 2.25. The normalized spacial score (nSPS) is 17.0. The predicted octanol–water partition coefficient (Wildman–Crippen LogP) is 2.34. The van der Waals surface area contributed by atoms with Crippen LogP contribution in [-0.2, 0) is 0 Å². The van der Waals surface area contributed by atoms with Gasteiger partial charge in [-0.15, -0.1) is 0 Å². The third kappa shape index (κ3) is 7.39. The van der Waals surface area contributed by atoms with E-state index in [1.165, 1.54) is 24.8 Å². The van der Waals surface area contributed by atoms with Gasteiger partial charge in [-0.3, -0.25) is 9.89 Å². The number of ether oxygens (including phenoxy) is 1. The Labute approximate surface area is 165 Å². The lowest BCUT2D eigenvalue weighted by atomic mass is 10.0. The van der Waals surface area contributed by atoms with Gasteiger partial charge in [0.2, 0.25) is 0 Å². The van der Waals surface area contributed by atoms with Gasteiger partial charge in [-0.2, -0.15) is 0 Å². The van der Waals surface area contributed by atoms with Crippen molar-refractivity contribution >= 4 is 5.96 Å². The molecular weight excluding hydrogens is 338 g/mol. The fraction of sp³-hybridized carbons (Fsp3) is 0.667. The summed E-state index contributed by atoms with van der Waals surface area (Å²) >= 11 is 0. The van der Waals surface area contributed by atoms with Gasteiger partial charge in [0.25, 0.3) is 0 Å². The molecule has 0 aliphatic carbocycles. The van der Waals surface area contributed by atoms with Crippen molar-refractivity contribution in [2.75, 3.05) is 61.0 Å². The van der Waals surface area contributed by atoms with Crippen molar-refractivity contribution < 1.29 is 4.74 Å². The van der Waals surface area contributed by atoms with Gasteiger partial charge >= 0.3 is 0 Å². The Morgan fingerprint density at radius 1 is 1.15 bits per heavy atom. The summed E-state index contributed by atoms with van der Waals surface area (Å²) in [5.41, 5.74) is 1.33. The number of nitrogens with one attached hydrogen (secondary N) is 2. The van der Waals surface area contributed by atoms with E-state index in [9.17, 15) is 0 Å². The number of piperidine rings is 1. The van der Waals surface area contributed by atoms with E-state index in [0.717, 1.165) is 50.9 Å². The van der Waals surface area contributed by atoms with Gasteiger partial charge in [0.1, 0.15) is 5.75 Å². The maximum absolute atomic E-state index is 5.32. The van der Waals surface area contributed by atoms with Crippen molar-refractivity contribution in [3.8, 4) is 5.75 Å². The van der Waals surface area contributed by atoms with E-state index in [2.05, 4.69) is 63.8 Å². The Balaban J connectivity index is 1.96. The van der Waals surface area contributed by atoms with Gasteiger partial charge < -0.3 is 20.3 Å². The lowest BCUT2D eigenvalue weighted by Gasteiger charge is -2.35. The van der Waals surface area contributed by atoms with Gasteiger partial charge in [0.05, 0.1) is 13.2 Å². The zero-order valence-corrected chi connectivity index (χ0v) is 17.5. The van der Waals surface area contributed by atoms with E-state index in [4.69, 9.17) is 4.74 Å². The molecule has 0 radical (unpaired) electrons. The summed E-state index contributed by atoms with van der Waals surface area (Å²) in [5.74, 6) is 1.78. The number of rotatable bonds is 9. The van der Waals surface area contributed by atoms with Crippen molar-refractivity contribution in [2.45, 2.75) is 31.7 Å². The first-order chi connectivity index (χ1) is 13.1. The number of guanidine groups is 1. The molecule has 1 saturated heterocycles. The van der Waals surface area contributed by atoms with Crippen molar-refractivity contribution in [3.05, 3.63) is 29.8 Å². The molecular formula is C21H37N5O. The van der Waals surface area contributed by atoms with Crippen molar-refractivity contribution in [3.63, 3.8) is 0 Å². The number of benzene rings is 1. The quantitative estimate of drug-likeness (QED) is 0.394. The Hall–Kier alpha value is -1.79. The summed E-state index contributed by atoms with van der Waals surface area (Å²) in [6, 6.07) is 8.83. The summed E-state index contributed by atoms with van der Waals surface area (Å²) in [6.45, 7) is 5.17. The molecule has 1 aliphatic heterocycles. The third-order valence-corrected chi connectivity index (χ3v) is 5.09. The average molecular weight is 376 g/mol. The Morgan fingerprint density at radius 2 is 1.85 bits per heavy atom. The predicted molar refractivity (Wildman–Crippen MR) is 114 cm³/mol. The summed E-state index contributed by atoms with van der Waals surface area (Å²) in [7, 11) is 7.76. The van der Waals surface area contributed by atoms with Gasteiger partial charge in [0, 0.05) is 20.1 Å². The number of nitrogens with zero attached hydrogens (tertiary/aromatic N) is 3. The largest absolute Gasteiger partial charge is 0.497 e. The first kappa shape index (κ1) is 21.5. The van der Waals surface area contributed by atoms with Crippen LogP contribution in [0.1, 0.15) is 37.3 Å². The number of likely N-dealkylation sites (tertiary alicyclic amines) is 1. The number of aliphatic imine (C=N–C) groups is 1. The minimum atomic E-state index is 0.344. The molecule has 1 unspecified atom stereocenters. The van der Waals surface area contributed by atoms with Crippen LogP contribution in [0.2, 0.25) is 0 Å². The molecule has 0 bridgehead atoms. The van der Waals surface area contributed by atoms with Gasteiger partial charge in [-0.05, 0) is 70.7 Å². The third-order valence-electron chi connectivity index (χ3n) is 5.09. The highest BCUT2D eigenvalue weighted by molar-refractivity contribution is 5.79. The standard InChI is InChI=1S/C21H37N5O/c1-22-21(23-13-8-14-25(2)3)24-17-20(26-15-6-5-7-16-26)18-9-11-19(27-4)12-10-18/h9-12,20H,5-8,13-17H2,1-4H3,(H2,22,23,24). The molecule has 1 aromatic rings. The second kappa shape index (κ2) is 11.8. The summed E-state index contributed by atoms with van der Waals surface area (Å²) in [5, 5.41) is 6.96. The number of hydrogen-bond donors (Lipinski definition) is 2. The molecule has 152 valence electrons. The van der Waals surface area contributed by atoms with Crippen LogP contribution in [-0.4, -0.2) is 76.7 Å². The Kier molecular flexibility index (Phi) is 9.42. The summed E-state index contributed by atoms with van der Waals surface area (Å²) < 4.78 is 5.32. The molecule has 6 nitrogen and oxygen atoms in total. The first-order valence-electron chi connectivity index (χ1n) is 10.1. The fourth-order valence-electron chi connectivity index (χ4n) is 3.53. The van der Waals surface area contributed by atoms with Crippen LogP contribution in [0.25, 0.3) is 0 Å². The van der Waals surface area contributed by atoms with E-state index in [0.29, 0.717) is 6.04 Å². The monoisotopic (exact) mass is 375 g/mol. The maximum Gasteiger partial charge on any atom is 0.191 e. The molecule has 1 atom stereocenters. The zero-order valence-electron chi connectivity index (χ0n) is 17.5. The van der Waals surface area contributed by atoms with E-state index in [1.54, 1.807) is 7.11 Å². The van der Waals surface area contributed by atoms with Crippen LogP contribution in [0.3, 0.4) is 0 Å². The Bertz CT molecular complexity index is 552. The molecule has 1 aliphatic rings. The molecule has 0 aromatic heterocycles. The number of hydrogen-bond acceptors (Lipinski definition) is 4. The second-order valence-electron chi connectivity index (χ2n) is 7.42. The van der Waals surface area contributed by atoms with E-state index < -0.39 is 0 Å². The van der Waals surface area contributed by atoms with E-state index >= 15 is 0 Å². The molecule has 0 spiro atoms. The van der Waals surface area contributed by atoms with Crippen LogP contribution in [0.15, 0.2) is 29.3 Å². The molecule has 27 heavy (non-hydrogen) atoms. The lowest BCUT2D eigenvalue weighted by Crippen LogP contribution is -2.44. The maximum atomic E-state index is 5.32. The van der Waals surface area contributed by atoms with Crippen LogP contribution >= 0.6 is 0 Å². The van der Waals surface area contributed by atoms with E-state index in [-0.39, 0.29) is 0 Å². The van der Waals surface area contributed by atoms with Crippen LogP contribution in [0.4, 0.5) is 0 Å². The minimum absolute atomic E-state index is 0.344. The molecule has 1 heterocycles. The van der Waals surface area contributed by atoms with Crippen LogP contribution in [0, 0.1) is 0 Å². The average Bonchev–Trinajstić information content (AvgIpc) is 2.70. The first-order valence-corrected chi connectivity index (χ1v) is 10.1. The Morgan fingerprint density at radius 3 is 2.44 bits per heavy atom. The summed E-state index contributed by atoms with van der Waals surface area (Å²) in [4.78, 5) is 9.18. The molecule has 0 saturated carbocycles. The molecule has 6 heteroatoms. The molecule has 0 amide bonds. The van der Waals surface area contributed by atoms with Crippen molar-refractivity contribution in [1.29, 1.82) is 0 Å². The van der Waals surface area contributed by atoms with Crippen LogP contribution < -0.4 is 15.4 Å². The minimum Gasteiger partial charge on any atom is -0.497 e. The molecule has 2 rings (SSSR count). The van der Waals surface area contributed by atoms with Gasteiger partial charge in [-0.25, -0.2) is 0 Å². The van der Waals surface area contributed by atoms with Crippen LogP contribution in [0.5, 0.6) is 5.75 Å². The SMILES string of the molecule is CN=C(NCCCN(C)C)NCC(c1ccc(OC)cc1)N1CCCCC1. The van der Waals surface area contributed by atoms with Crippen molar-refractivity contribution in [2.24, 2.45) is 4.99 Å². The summed E-state index contributed by atoms with van der Waals surface area (Å²) in [6.07, 6.45) is 5.00. The molecule has 1 aromatic carbocycles. The van der Waals surface area contributed by atoms with Gasteiger partial charge in [-0.1, -0.05) is 18.6 Å².